The number of hydrogen-bond acceptors (Lipinski definition) is 2. The lowest BCUT2D eigenvalue weighted by atomic mass is 9.74. The molecule has 1 heterocycles. The molecule has 0 aliphatic heterocycles. The van der Waals surface area contributed by atoms with Crippen LogP contribution in [0.4, 0.5) is 0 Å². The fourth-order valence-corrected chi connectivity index (χ4v) is 3.49. The molecule has 1 aliphatic rings. The Balaban J connectivity index is 1.89. The quantitative estimate of drug-likeness (QED) is 0.873. The summed E-state index contributed by atoms with van der Waals surface area (Å²) in [7, 11) is 2.11. The molecule has 1 aliphatic carbocycles. The summed E-state index contributed by atoms with van der Waals surface area (Å²) in [4.78, 5) is 4.22. The van der Waals surface area contributed by atoms with Crippen LogP contribution in [-0.2, 0) is 6.42 Å². The molecule has 0 radical (unpaired) electrons. The van der Waals surface area contributed by atoms with Gasteiger partial charge in [-0.1, -0.05) is 19.9 Å². The maximum atomic E-state index is 4.22. The van der Waals surface area contributed by atoms with Crippen molar-refractivity contribution in [2.45, 2.75) is 52.0 Å². The molecule has 0 spiro atoms. The number of pyridine rings is 1. The minimum atomic E-state index is 0.609. The second-order valence-electron chi connectivity index (χ2n) is 6.38. The highest BCUT2D eigenvalue weighted by Gasteiger charge is 2.28. The second kappa shape index (κ2) is 7.04. The second-order valence-corrected chi connectivity index (χ2v) is 6.38. The molecule has 19 heavy (non-hydrogen) atoms. The fraction of sp³-hybridized carbons (Fsp3) is 0.706. The highest BCUT2D eigenvalue weighted by molar-refractivity contribution is 5.10. The fourth-order valence-electron chi connectivity index (χ4n) is 3.49. The summed E-state index contributed by atoms with van der Waals surface area (Å²) >= 11 is 0. The molecule has 1 fully saturated rings. The van der Waals surface area contributed by atoms with E-state index >= 15 is 0 Å². The van der Waals surface area contributed by atoms with Crippen LogP contribution < -0.4 is 5.32 Å². The van der Waals surface area contributed by atoms with Gasteiger partial charge in [0.2, 0.25) is 0 Å². The van der Waals surface area contributed by atoms with Gasteiger partial charge in [0.1, 0.15) is 0 Å². The molecule has 1 aromatic heterocycles. The smallest absolute Gasteiger partial charge is 0.0300 e. The number of hydrogen-bond donors (Lipinski definition) is 1. The van der Waals surface area contributed by atoms with Crippen LogP contribution in [0.5, 0.6) is 0 Å². The third-order valence-corrected chi connectivity index (χ3v) is 4.88. The lowest BCUT2D eigenvalue weighted by Crippen LogP contribution is -2.38. The first-order valence-electron chi connectivity index (χ1n) is 7.77. The molecular weight excluding hydrogens is 232 g/mol. The van der Waals surface area contributed by atoms with Crippen LogP contribution in [0.2, 0.25) is 0 Å². The SMILES string of the molecule is CNC(Cc1cccnc1)C1CCC(C(C)C)CC1. The Hall–Kier alpha value is -0.890. The Morgan fingerprint density at radius 1 is 1.21 bits per heavy atom. The van der Waals surface area contributed by atoms with Gasteiger partial charge in [0, 0.05) is 18.4 Å². The zero-order valence-corrected chi connectivity index (χ0v) is 12.6. The Labute approximate surface area is 118 Å². The normalized spacial score (nSPS) is 25.5. The van der Waals surface area contributed by atoms with E-state index in [2.05, 4.69) is 37.3 Å². The predicted molar refractivity (Wildman–Crippen MR) is 81.1 cm³/mol. The van der Waals surface area contributed by atoms with E-state index in [1.807, 2.05) is 18.5 Å². The monoisotopic (exact) mass is 260 g/mol. The minimum absolute atomic E-state index is 0.609. The average Bonchev–Trinajstić information content (AvgIpc) is 2.46. The highest BCUT2D eigenvalue weighted by Crippen LogP contribution is 2.35. The molecule has 1 N–H and O–H groups in total. The number of likely N-dealkylation sites (N-methyl/N-ethyl adjacent to an activating group) is 1. The van der Waals surface area contributed by atoms with E-state index in [1.165, 1.54) is 31.2 Å². The van der Waals surface area contributed by atoms with Crippen molar-refractivity contribution in [1.82, 2.24) is 10.3 Å². The van der Waals surface area contributed by atoms with Crippen molar-refractivity contribution in [2.24, 2.45) is 17.8 Å². The number of nitrogens with zero attached hydrogens (tertiary/aromatic N) is 1. The van der Waals surface area contributed by atoms with Gasteiger partial charge in [-0.25, -0.2) is 0 Å². The van der Waals surface area contributed by atoms with E-state index in [9.17, 15) is 0 Å². The van der Waals surface area contributed by atoms with E-state index in [1.54, 1.807) is 0 Å². The highest BCUT2D eigenvalue weighted by atomic mass is 14.9. The van der Waals surface area contributed by atoms with Gasteiger partial charge in [-0.05, 0) is 68.5 Å². The predicted octanol–water partition coefficient (Wildman–Crippen LogP) is 3.67. The number of nitrogens with one attached hydrogen (secondary N) is 1. The van der Waals surface area contributed by atoms with E-state index in [0.717, 1.165) is 24.2 Å². The van der Waals surface area contributed by atoms with Gasteiger partial charge in [-0.2, -0.15) is 0 Å². The van der Waals surface area contributed by atoms with Crippen LogP contribution in [0.15, 0.2) is 24.5 Å². The molecule has 2 rings (SSSR count). The van der Waals surface area contributed by atoms with Gasteiger partial charge in [0.15, 0.2) is 0 Å². The zero-order valence-electron chi connectivity index (χ0n) is 12.6. The van der Waals surface area contributed by atoms with Crippen molar-refractivity contribution in [3.05, 3.63) is 30.1 Å². The van der Waals surface area contributed by atoms with Crippen molar-refractivity contribution in [3.8, 4) is 0 Å². The summed E-state index contributed by atoms with van der Waals surface area (Å²) in [6, 6.07) is 4.84. The van der Waals surface area contributed by atoms with Gasteiger partial charge < -0.3 is 5.32 Å². The summed E-state index contributed by atoms with van der Waals surface area (Å²) in [6.45, 7) is 4.74. The topological polar surface area (TPSA) is 24.9 Å². The lowest BCUT2D eigenvalue weighted by molar-refractivity contribution is 0.191. The standard InChI is InChI=1S/C17H28N2/c1-13(2)15-6-8-16(9-7-15)17(18-3)11-14-5-4-10-19-12-14/h4-5,10,12-13,15-18H,6-9,11H2,1-3H3. The molecule has 0 amide bonds. The summed E-state index contributed by atoms with van der Waals surface area (Å²) in [5.74, 6) is 2.64. The maximum Gasteiger partial charge on any atom is 0.0300 e. The van der Waals surface area contributed by atoms with Crippen LogP contribution in [0, 0.1) is 17.8 Å². The van der Waals surface area contributed by atoms with Gasteiger partial charge >= 0.3 is 0 Å². The zero-order chi connectivity index (χ0) is 13.7. The Morgan fingerprint density at radius 2 is 1.89 bits per heavy atom. The van der Waals surface area contributed by atoms with Crippen molar-refractivity contribution < 1.29 is 0 Å². The van der Waals surface area contributed by atoms with Gasteiger partial charge in [-0.3, -0.25) is 4.98 Å². The largest absolute Gasteiger partial charge is 0.316 e. The maximum absolute atomic E-state index is 4.22. The van der Waals surface area contributed by atoms with Crippen LogP contribution in [0.1, 0.15) is 45.1 Å². The van der Waals surface area contributed by atoms with E-state index < -0.39 is 0 Å². The molecule has 0 saturated heterocycles. The molecular formula is C17H28N2. The third-order valence-electron chi connectivity index (χ3n) is 4.88. The number of aromatic nitrogens is 1. The van der Waals surface area contributed by atoms with Crippen molar-refractivity contribution in [3.63, 3.8) is 0 Å². The number of rotatable bonds is 5. The van der Waals surface area contributed by atoms with Crippen molar-refractivity contribution in [2.75, 3.05) is 7.05 Å². The first-order chi connectivity index (χ1) is 9.20. The first-order valence-corrected chi connectivity index (χ1v) is 7.77. The molecule has 0 aromatic carbocycles. The molecule has 0 bridgehead atoms. The van der Waals surface area contributed by atoms with E-state index in [4.69, 9.17) is 0 Å². The van der Waals surface area contributed by atoms with E-state index in [-0.39, 0.29) is 0 Å². The first kappa shape index (κ1) is 14.5. The Kier molecular flexibility index (Phi) is 5.38. The molecule has 1 aromatic rings. The van der Waals surface area contributed by atoms with Crippen molar-refractivity contribution in [1.29, 1.82) is 0 Å². The molecule has 2 heteroatoms. The summed E-state index contributed by atoms with van der Waals surface area (Å²) in [6.07, 6.45) is 10.6. The summed E-state index contributed by atoms with van der Waals surface area (Å²) in [5, 5.41) is 3.54. The summed E-state index contributed by atoms with van der Waals surface area (Å²) in [5.41, 5.74) is 1.35. The molecule has 1 saturated carbocycles. The van der Waals surface area contributed by atoms with Gasteiger partial charge in [0.05, 0.1) is 0 Å². The molecule has 106 valence electrons. The third kappa shape index (κ3) is 4.04. The summed E-state index contributed by atoms with van der Waals surface area (Å²) < 4.78 is 0. The molecule has 2 nitrogen and oxygen atoms in total. The van der Waals surface area contributed by atoms with Crippen LogP contribution in [0.3, 0.4) is 0 Å². The molecule has 1 atom stereocenters. The van der Waals surface area contributed by atoms with Crippen LogP contribution in [-0.4, -0.2) is 18.1 Å². The Morgan fingerprint density at radius 3 is 2.42 bits per heavy atom. The van der Waals surface area contributed by atoms with Crippen LogP contribution >= 0.6 is 0 Å². The van der Waals surface area contributed by atoms with E-state index in [0.29, 0.717) is 6.04 Å². The van der Waals surface area contributed by atoms with Gasteiger partial charge in [0.25, 0.3) is 0 Å². The average molecular weight is 260 g/mol. The lowest BCUT2D eigenvalue weighted by Gasteiger charge is -2.35. The van der Waals surface area contributed by atoms with Crippen LogP contribution in [0.25, 0.3) is 0 Å². The Bertz CT molecular complexity index is 353. The van der Waals surface area contributed by atoms with Gasteiger partial charge in [-0.15, -0.1) is 0 Å². The molecule has 1 unspecified atom stereocenters. The van der Waals surface area contributed by atoms with Crippen molar-refractivity contribution >= 4 is 0 Å². The minimum Gasteiger partial charge on any atom is -0.316 e.